The summed E-state index contributed by atoms with van der Waals surface area (Å²) in [5, 5.41) is 7.67. The highest BCUT2D eigenvalue weighted by Gasteiger charge is 2.36. The summed E-state index contributed by atoms with van der Waals surface area (Å²) in [6.45, 7) is 3.72. The number of hydrogen-bond donors (Lipinski definition) is 1. The third-order valence-corrected chi connectivity index (χ3v) is 6.18. The highest BCUT2D eigenvalue weighted by molar-refractivity contribution is 6.31. The predicted octanol–water partition coefficient (Wildman–Crippen LogP) is 6.54. The maximum atomic E-state index is 13.7. The number of amides is 2. The highest BCUT2D eigenvalue weighted by atomic mass is 35.5. The molecule has 1 aromatic heterocycles. The van der Waals surface area contributed by atoms with Crippen molar-refractivity contribution < 1.29 is 13.7 Å². The number of aromatic nitrogens is 2. The number of carbonyl (C=O) groups is 1. The molecule has 1 aliphatic rings. The number of carbonyl (C=O) groups excluding carboxylic acids is 1. The second-order valence-corrected chi connectivity index (χ2v) is 8.40. The number of hydrogen-bond acceptors (Lipinski definition) is 4. The zero-order valence-corrected chi connectivity index (χ0v) is 19.2. The minimum absolute atomic E-state index is 0.230. The molecule has 0 fully saturated rings. The third kappa shape index (κ3) is 3.95. The number of benzene rings is 3. The largest absolute Gasteiger partial charge is 0.334 e. The molecule has 2 amide bonds. The van der Waals surface area contributed by atoms with Gasteiger partial charge in [0.2, 0.25) is 5.82 Å². The number of allylic oxidation sites excluding steroid dienone is 1. The molecule has 5 rings (SSSR count). The van der Waals surface area contributed by atoms with Crippen molar-refractivity contribution >= 4 is 28.9 Å². The lowest BCUT2D eigenvalue weighted by molar-refractivity contribution is 0.244. The Labute approximate surface area is 200 Å². The lowest BCUT2D eigenvalue weighted by atomic mass is 9.94. The molecule has 6 nitrogen and oxygen atoms in total. The van der Waals surface area contributed by atoms with Crippen LogP contribution >= 0.6 is 11.6 Å². The molecular formula is C26H20ClFN4O2. The van der Waals surface area contributed by atoms with Crippen LogP contribution in [-0.4, -0.2) is 16.2 Å². The molecule has 0 radical (unpaired) electrons. The van der Waals surface area contributed by atoms with Crippen molar-refractivity contribution in [1.82, 2.24) is 15.5 Å². The zero-order chi connectivity index (χ0) is 23.8. The van der Waals surface area contributed by atoms with Gasteiger partial charge in [-0.25, -0.2) is 9.18 Å². The Morgan fingerprint density at radius 1 is 1.03 bits per heavy atom. The van der Waals surface area contributed by atoms with E-state index in [-0.39, 0.29) is 17.7 Å². The fraction of sp³-hybridized carbons (Fsp3) is 0.115. The average Bonchev–Trinajstić information content (AvgIpc) is 3.31. The first kappa shape index (κ1) is 21.9. The number of nitrogens with one attached hydrogen (secondary N) is 1. The van der Waals surface area contributed by atoms with E-state index in [9.17, 15) is 9.18 Å². The van der Waals surface area contributed by atoms with E-state index in [1.54, 1.807) is 18.2 Å². The SMILES string of the molecule is CC1=C(c2nc(-c3cccc(F)c3)no2)C(c2ccccc2)NC(=O)N1c1ccc(C)c(Cl)c1. The molecule has 8 heteroatoms. The van der Waals surface area contributed by atoms with Crippen molar-refractivity contribution in [3.05, 3.63) is 106 Å². The molecule has 0 saturated heterocycles. The Kier molecular flexibility index (Phi) is 5.63. The average molecular weight is 475 g/mol. The zero-order valence-electron chi connectivity index (χ0n) is 18.4. The summed E-state index contributed by atoms with van der Waals surface area (Å²) in [5.41, 5.74) is 4.12. The first-order valence-corrected chi connectivity index (χ1v) is 11.0. The summed E-state index contributed by atoms with van der Waals surface area (Å²) < 4.78 is 19.4. The minimum atomic E-state index is -0.522. The van der Waals surface area contributed by atoms with Gasteiger partial charge in [0.05, 0.1) is 17.3 Å². The predicted molar refractivity (Wildman–Crippen MR) is 129 cm³/mol. The van der Waals surface area contributed by atoms with Crippen molar-refractivity contribution in [2.75, 3.05) is 4.90 Å². The standard InChI is InChI=1S/C26H20ClFN4O2/c1-15-11-12-20(14-21(15)27)32-16(2)22(23(29-26(32)33)17-7-4-3-5-8-17)25-30-24(31-34-25)18-9-6-10-19(28)13-18/h3-14,23H,1-2H3,(H,29,33). The van der Waals surface area contributed by atoms with Gasteiger partial charge in [-0.3, -0.25) is 4.90 Å². The number of urea groups is 1. The van der Waals surface area contributed by atoms with Gasteiger partial charge >= 0.3 is 6.03 Å². The summed E-state index contributed by atoms with van der Waals surface area (Å²) in [6, 6.07) is 20.1. The molecule has 1 aliphatic heterocycles. The van der Waals surface area contributed by atoms with Crippen LogP contribution in [0.2, 0.25) is 5.02 Å². The lowest BCUT2D eigenvalue weighted by Gasteiger charge is -2.35. The maximum Gasteiger partial charge on any atom is 0.326 e. The Morgan fingerprint density at radius 2 is 1.82 bits per heavy atom. The van der Waals surface area contributed by atoms with Gasteiger partial charge in [-0.05, 0) is 49.2 Å². The van der Waals surface area contributed by atoms with Crippen LogP contribution in [0.4, 0.5) is 14.9 Å². The number of halogens is 2. The van der Waals surface area contributed by atoms with E-state index >= 15 is 0 Å². The van der Waals surface area contributed by atoms with Gasteiger partial charge in [0.25, 0.3) is 5.89 Å². The second kappa shape index (κ2) is 8.76. The molecular weight excluding hydrogens is 455 g/mol. The second-order valence-electron chi connectivity index (χ2n) is 7.99. The van der Waals surface area contributed by atoms with E-state index in [1.807, 2.05) is 56.3 Å². The van der Waals surface area contributed by atoms with Gasteiger partial charge < -0.3 is 9.84 Å². The molecule has 0 saturated carbocycles. The van der Waals surface area contributed by atoms with E-state index in [2.05, 4.69) is 15.5 Å². The normalized spacial score (nSPS) is 16.1. The Bertz CT molecular complexity index is 1420. The molecule has 34 heavy (non-hydrogen) atoms. The van der Waals surface area contributed by atoms with Crippen LogP contribution in [0.1, 0.15) is 30.0 Å². The molecule has 0 spiro atoms. The summed E-state index contributed by atoms with van der Waals surface area (Å²) >= 11 is 6.34. The van der Waals surface area contributed by atoms with Gasteiger partial charge in [0.15, 0.2) is 0 Å². The number of aryl methyl sites for hydroxylation is 1. The third-order valence-electron chi connectivity index (χ3n) is 5.77. The van der Waals surface area contributed by atoms with Gasteiger partial charge in [-0.1, -0.05) is 65.3 Å². The van der Waals surface area contributed by atoms with Crippen LogP contribution in [0.15, 0.2) is 83.0 Å². The molecule has 4 aromatic rings. The fourth-order valence-corrected chi connectivity index (χ4v) is 4.20. The number of nitrogens with zero attached hydrogens (tertiary/aromatic N) is 3. The summed E-state index contributed by atoms with van der Waals surface area (Å²) in [7, 11) is 0. The molecule has 1 unspecified atom stereocenters. The van der Waals surface area contributed by atoms with E-state index in [1.165, 1.54) is 17.0 Å². The Balaban J connectivity index is 1.66. The first-order chi connectivity index (χ1) is 16.4. The molecule has 1 N–H and O–H groups in total. The van der Waals surface area contributed by atoms with Crippen LogP contribution in [0.3, 0.4) is 0 Å². The molecule has 0 aliphatic carbocycles. The van der Waals surface area contributed by atoms with E-state index in [4.69, 9.17) is 16.1 Å². The minimum Gasteiger partial charge on any atom is -0.334 e. The topological polar surface area (TPSA) is 71.3 Å². The fourth-order valence-electron chi connectivity index (χ4n) is 4.03. The van der Waals surface area contributed by atoms with Crippen LogP contribution in [0, 0.1) is 12.7 Å². The Hall–Kier alpha value is -3.97. The van der Waals surface area contributed by atoms with Crippen molar-refractivity contribution in [2.45, 2.75) is 19.9 Å². The molecule has 170 valence electrons. The lowest BCUT2D eigenvalue weighted by Crippen LogP contribution is -2.46. The summed E-state index contributed by atoms with van der Waals surface area (Å²) in [6.07, 6.45) is 0. The molecule has 2 heterocycles. The molecule has 0 bridgehead atoms. The summed E-state index contributed by atoms with van der Waals surface area (Å²) in [5.74, 6) is 0.0889. The van der Waals surface area contributed by atoms with Crippen molar-refractivity contribution in [3.8, 4) is 11.4 Å². The number of anilines is 1. The van der Waals surface area contributed by atoms with Gasteiger partial charge in [0, 0.05) is 16.3 Å². The van der Waals surface area contributed by atoms with E-state index < -0.39 is 11.9 Å². The smallest absolute Gasteiger partial charge is 0.326 e. The van der Waals surface area contributed by atoms with Gasteiger partial charge in [0.1, 0.15) is 5.82 Å². The quantitative estimate of drug-likeness (QED) is 0.364. The summed E-state index contributed by atoms with van der Waals surface area (Å²) in [4.78, 5) is 19.3. The highest BCUT2D eigenvalue weighted by Crippen LogP contribution is 2.39. The first-order valence-electron chi connectivity index (χ1n) is 10.6. The van der Waals surface area contributed by atoms with Gasteiger partial charge in [-0.15, -0.1) is 0 Å². The van der Waals surface area contributed by atoms with Crippen LogP contribution in [0.5, 0.6) is 0 Å². The van der Waals surface area contributed by atoms with E-state index in [0.717, 1.165) is 11.1 Å². The van der Waals surface area contributed by atoms with Crippen LogP contribution in [0.25, 0.3) is 17.0 Å². The van der Waals surface area contributed by atoms with E-state index in [0.29, 0.717) is 27.5 Å². The maximum absolute atomic E-state index is 13.7. The Morgan fingerprint density at radius 3 is 2.56 bits per heavy atom. The monoisotopic (exact) mass is 474 g/mol. The van der Waals surface area contributed by atoms with Crippen LogP contribution in [-0.2, 0) is 0 Å². The molecule has 1 atom stereocenters. The molecule has 3 aromatic carbocycles. The van der Waals surface area contributed by atoms with Crippen molar-refractivity contribution in [2.24, 2.45) is 0 Å². The van der Waals surface area contributed by atoms with Crippen LogP contribution < -0.4 is 10.2 Å². The van der Waals surface area contributed by atoms with Crippen molar-refractivity contribution in [1.29, 1.82) is 0 Å². The van der Waals surface area contributed by atoms with Crippen molar-refractivity contribution in [3.63, 3.8) is 0 Å². The van der Waals surface area contributed by atoms with Gasteiger partial charge in [-0.2, -0.15) is 4.98 Å². The number of rotatable bonds is 4.